The molecule has 6 nitrogen and oxygen atoms in total. The lowest BCUT2D eigenvalue weighted by atomic mass is 10.0. The Morgan fingerprint density at radius 3 is 2.75 bits per heavy atom. The minimum Gasteiger partial charge on any atom is -0.481 e. The molecule has 7 heteroatoms. The fraction of sp³-hybridized carbons (Fsp3) is 0.286. The van der Waals surface area contributed by atoms with Gasteiger partial charge < -0.3 is 15.3 Å². The van der Waals surface area contributed by atoms with E-state index in [0.717, 1.165) is 23.2 Å². The van der Waals surface area contributed by atoms with E-state index < -0.39 is 5.97 Å². The smallest absolute Gasteiger partial charge is 0.313 e. The molecule has 2 N–H and O–H groups in total. The molecule has 2 aromatic rings. The average molecular weight is 398 g/mol. The van der Waals surface area contributed by atoms with Crippen LogP contribution in [0.4, 0.5) is 11.4 Å². The summed E-state index contributed by atoms with van der Waals surface area (Å²) in [6, 6.07) is 15.2. The Balaban J connectivity index is 1.55. The van der Waals surface area contributed by atoms with Crippen molar-refractivity contribution in [2.75, 3.05) is 22.5 Å². The van der Waals surface area contributed by atoms with Crippen molar-refractivity contribution in [3.05, 3.63) is 59.7 Å². The van der Waals surface area contributed by atoms with Gasteiger partial charge in [0.05, 0.1) is 5.75 Å². The maximum atomic E-state index is 12.4. The van der Waals surface area contributed by atoms with Crippen molar-refractivity contribution >= 4 is 40.9 Å². The first-order valence-corrected chi connectivity index (χ1v) is 10.2. The van der Waals surface area contributed by atoms with Gasteiger partial charge in [0.15, 0.2) is 0 Å². The molecule has 1 aliphatic heterocycles. The maximum absolute atomic E-state index is 12.4. The minimum atomic E-state index is -0.844. The Morgan fingerprint density at radius 2 is 1.93 bits per heavy atom. The molecule has 0 bridgehead atoms. The van der Waals surface area contributed by atoms with Crippen molar-refractivity contribution in [3.8, 4) is 0 Å². The van der Waals surface area contributed by atoms with Gasteiger partial charge in [-0.05, 0) is 35.7 Å². The number of carboxylic acids is 1. The molecule has 0 radical (unpaired) electrons. The number of carbonyl (C=O) groups is 3. The molecule has 1 aliphatic rings. The van der Waals surface area contributed by atoms with E-state index in [-0.39, 0.29) is 24.0 Å². The zero-order valence-corrected chi connectivity index (χ0v) is 16.2. The number of para-hydroxylation sites is 1. The van der Waals surface area contributed by atoms with Gasteiger partial charge in [-0.25, -0.2) is 0 Å². The summed E-state index contributed by atoms with van der Waals surface area (Å²) in [6.45, 7) is 0.343. The first-order valence-electron chi connectivity index (χ1n) is 9.09. The molecule has 0 saturated heterocycles. The number of carbonyl (C=O) groups excluding carboxylic acids is 2. The van der Waals surface area contributed by atoms with Crippen LogP contribution in [0, 0.1) is 0 Å². The normalized spacial score (nSPS) is 13.1. The van der Waals surface area contributed by atoms with Crippen LogP contribution in [0.5, 0.6) is 0 Å². The highest BCUT2D eigenvalue weighted by molar-refractivity contribution is 7.99. The summed E-state index contributed by atoms with van der Waals surface area (Å²) < 4.78 is 0. The van der Waals surface area contributed by atoms with Gasteiger partial charge in [-0.1, -0.05) is 30.3 Å². The molecule has 1 heterocycles. The van der Waals surface area contributed by atoms with Crippen LogP contribution in [0.3, 0.4) is 0 Å². The van der Waals surface area contributed by atoms with E-state index in [1.807, 2.05) is 42.5 Å². The van der Waals surface area contributed by atoms with E-state index in [2.05, 4.69) is 5.32 Å². The zero-order valence-electron chi connectivity index (χ0n) is 15.4. The molecule has 3 rings (SSSR count). The van der Waals surface area contributed by atoms with Crippen molar-refractivity contribution in [2.24, 2.45) is 0 Å². The standard InChI is InChI=1S/C21H22N2O4S/c24-19(22-17-6-3-4-15(12-17)13-28-14-21(26)27)10-11-23-18-7-2-1-5-16(18)8-9-20(23)25/h1-7,12H,8-11,13-14H2,(H,22,24)(H,26,27). The number of carboxylic acid groups (broad SMARTS) is 1. The molecule has 0 unspecified atom stereocenters. The van der Waals surface area contributed by atoms with Crippen LogP contribution in [-0.2, 0) is 26.6 Å². The third kappa shape index (κ3) is 5.36. The number of thioether (sulfide) groups is 1. The zero-order chi connectivity index (χ0) is 19.9. The summed E-state index contributed by atoms with van der Waals surface area (Å²) in [5, 5.41) is 11.6. The minimum absolute atomic E-state index is 0.0436. The molecular weight excluding hydrogens is 376 g/mol. The molecule has 0 saturated carbocycles. The molecular formula is C21H22N2O4S. The number of anilines is 2. The topological polar surface area (TPSA) is 86.7 Å². The fourth-order valence-electron chi connectivity index (χ4n) is 3.17. The summed E-state index contributed by atoms with van der Waals surface area (Å²) in [7, 11) is 0. The Kier molecular flexibility index (Phi) is 6.71. The molecule has 2 amide bonds. The Morgan fingerprint density at radius 1 is 1.11 bits per heavy atom. The number of nitrogens with zero attached hydrogens (tertiary/aromatic N) is 1. The number of amides is 2. The number of fused-ring (bicyclic) bond motifs is 1. The van der Waals surface area contributed by atoms with Crippen molar-refractivity contribution in [2.45, 2.75) is 25.0 Å². The number of hydrogen-bond acceptors (Lipinski definition) is 4. The number of aliphatic carboxylic acids is 1. The summed E-state index contributed by atoms with van der Waals surface area (Å²) >= 11 is 1.31. The lowest BCUT2D eigenvalue weighted by Crippen LogP contribution is -2.37. The SMILES string of the molecule is O=C(O)CSCc1cccc(NC(=O)CCN2C(=O)CCc3ccccc32)c1. The lowest BCUT2D eigenvalue weighted by molar-refractivity contribution is -0.134. The predicted octanol–water partition coefficient (Wildman–Crippen LogP) is 3.31. The molecule has 0 spiro atoms. The Hall–Kier alpha value is -2.80. The van der Waals surface area contributed by atoms with Crippen molar-refractivity contribution in [1.82, 2.24) is 0 Å². The van der Waals surface area contributed by atoms with Crippen LogP contribution in [0.1, 0.15) is 24.0 Å². The van der Waals surface area contributed by atoms with Gasteiger partial charge in [-0.2, -0.15) is 0 Å². The van der Waals surface area contributed by atoms with E-state index in [9.17, 15) is 14.4 Å². The first kappa shape index (κ1) is 19.9. The van der Waals surface area contributed by atoms with E-state index in [4.69, 9.17) is 5.11 Å². The van der Waals surface area contributed by atoms with Gasteiger partial charge >= 0.3 is 5.97 Å². The second-order valence-corrected chi connectivity index (χ2v) is 7.54. The molecule has 0 atom stereocenters. The monoisotopic (exact) mass is 398 g/mol. The largest absolute Gasteiger partial charge is 0.481 e. The van der Waals surface area contributed by atoms with Gasteiger partial charge in [0.25, 0.3) is 0 Å². The van der Waals surface area contributed by atoms with Crippen LogP contribution in [-0.4, -0.2) is 35.2 Å². The quantitative estimate of drug-likeness (QED) is 0.712. The van der Waals surface area contributed by atoms with E-state index in [1.54, 1.807) is 11.0 Å². The maximum Gasteiger partial charge on any atom is 0.313 e. The second kappa shape index (κ2) is 9.41. The van der Waals surface area contributed by atoms with E-state index in [1.165, 1.54) is 11.8 Å². The number of aryl methyl sites for hydroxylation is 1. The number of nitrogens with one attached hydrogen (secondary N) is 1. The van der Waals surface area contributed by atoms with Crippen molar-refractivity contribution in [3.63, 3.8) is 0 Å². The van der Waals surface area contributed by atoms with E-state index >= 15 is 0 Å². The molecule has 2 aromatic carbocycles. The third-order valence-corrected chi connectivity index (χ3v) is 5.45. The molecule has 28 heavy (non-hydrogen) atoms. The number of hydrogen-bond donors (Lipinski definition) is 2. The highest BCUT2D eigenvalue weighted by Crippen LogP contribution is 2.27. The van der Waals surface area contributed by atoms with Crippen LogP contribution >= 0.6 is 11.8 Å². The van der Waals surface area contributed by atoms with Crippen LogP contribution < -0.4 is 10.2 Å². The molecule has 0 fully saturated rings. The lowest BCUT2D eigenvalue weighted by Gasteiger charge is -2.29. The Bertz CT molecular complexity index is 884. The molecule has 0 aliphatic carbocycles. The van der Waals surface area contributed by atoms with Gasteiger partial charge in [-0.15, -0.1) is 11.8 Å². The van der Waals surface area contributed by atoms with Gasteiger partial charge in [0, 0.05) is 36.5 Å². The highest BCUT2D eigenvalue weighted by atomic mass is 32.2. The van der Waals surface area contributed by atoms with Crippen molar-refractivity contribution < 1.29 is 19.5 Å². The second-order valence-electron chi connectivity index (χ2n) is 6.56. The highest BCUT2D eigenvalue weighted by Gasteiger charge is 2.23. The predicted molar refractivity (Wildman–Crippen MR) is 111 cm³/mol. The van der Waals surface area contributed by atoms with Gasteiger partial charge in [0.2, 0.25) is 11.8 Å². The summed E-state index contributed by atoms with van der Waals surface area (Å²) in [4.78, 5) is 36.9. The number of rotatable bonds is 8. The molecule has 0 aromatic heterocycles. The number of benzene rings is 2. The summed E-state index contributed by atoms with van der Waals surface area (Å²) in [5.41, 5.74) is 3.64. The van der Waals surface area contributed by atoms with Crippen LogP contribution in [0.2, 0.25) is 0 Å². The van der Waals surface area contributed by atoms with Gasteiger partial charge in [0.1, 0.15) is 0 Å². The van der Waals surface area contributed by atoms with Gasteiger partial charge in [-0.3, -0.25) is 14.4 Å². The van der Waals surface area contributed by atoms with Crippen LogP contribution in [0.15, 0.2) is 48.5 Å². The van der Waals surface area contributed by atoms with E-state index in [0.29, 0.717) is 24.4 Å². The average Bonchev–Trinajstić information content (AvgIpc) is 2.67. The fourth-order valence-corrected chi connectivity index (χ4v) is 3.87. The molecule has 146 valence electrons. The first-order chi connectivity index (χ1) is 13.5. The van der Waals surface area contributed by atoms with Crippen molar-refractivity contribution in [1.29, 1.82) is 0 Å². The summed E-state index contributed by atoms with van der Waals surface area (Å²) in [5.74, 6) is -0.352. The third-order valence-electron chi connectivity index (χ3n) is 4.46. The summed E-state index contributed by atoms with van der Waals surface area (Å²) in [6.07, 6.45) is 1.41. The Labute approximate surface area is 167 Å². The van der Waals surface area contributed by atoms with Crippen LogP contribution in [0.25, 0.3) is 0 Å².